The molecule has 1 aromatic carbocycles. The molecule has 0 saturated carbocycles. The third-order valence-electron chi connectivity index (χ3n) is 6.94. The molecule has 4 aromatic rings. The molecule has 1 amide bonds. The molecule has 5 rings (SSSR count). The van der Waals surface area contributed by atoms with Crippen LogP contribution in [0.25, 0.3) is 10.9 Å². The van der Waals surface area contributed by atoms with Gasteiger partial charge in [0.1, 0.15) is 31.1 Å². The van der Waals surface area contributed by atoms with Gasteiger partial charge in [-0.05, 0) is 59.2 Å². The van der Waals surface area contributed by atoms with E-state index in [4.69, 9.17) is 4.74 Å². The zero-order valence-corrected chi connectivity index (χ0v) is 25.9. The van der Waals surface area contributed by atoms with Gasteiger partial charge in [0.2, 0.25) is 11.6 Å². The number of nitrogens with one attached hydrogen (secondary N) is 2. The number of carbonyl (C=O) groups excluding carboxylic acids is 1. The van der Waals surface area contributed by atoms with Crippen molar-refractivity contribution in [2.75, 3.05) is 37.8 Å². The van der Waals surface area contributed by atoms with Gasteiger partial charge in [0.15, 0.2) is 11.6 Å². The Balaban J connectivity index is 1.21. The first-order chi connectivity index (χ1) is 22.6. The lowest BCUT2D eigenvalue weighted by atomic mass is 10.1. The highest BCUT2D eigenvalue weighted by Crippen LogP contribution is 2.28. The van der Waals surface area contributed by atoms with Gasteiger partial charge in [-0.1, -0.05) is 12.0 Å². The monoisotopic (exact) mass is 636 g/mol. The highest BCUT2D eigenvalue weighted by Gasteiger charge is 2.32. The largest absolute Gasteiger partial charge is 0.484 e. The number of amides is 1. The number of carbonyl (C=O) groups is 1. The Bertz CT molecular complexity index is 1980. The summed E-state index contributed by atoms with van der Waals surface area (Å²) in [6, 6.07) is 11.5. The van der Waals surface area contributed by atoms with Crippen molar-refractivity contribution in [1.29, 1.82) is 0 Å². The van der Waals surface area contributed by atoms with E-state index < -0.39 is 16.6 Å². The highest BCUT2D eigenvalue weighted by atomic mass is 19.1. The van der Waals surface area contributed by atoms with E-state index in [-0.39, 0.29) is 24.0 Å². The van der Waals surface area contributed by atoms with E-state index in [9.17, 15) is 19.3 Å². The molecule has 0 unspecified atom stereocenters. The maximum Gasteiger partial charge on any atom is 0.369 e. The molecule has 0 bridgehead atoms. The molecular formula is C33H31FN9O4+. The van der Waals surface area contributed by atoms with E-state index in [0.29, 0.717) is 63.4 Å². The van der Waals surface area contributed by atoms with E-state index in [2.05, 4.69) is 47.4 Å². The van der Waals surface area contributed by atoms with Crippen LogP contribution in [0.2, 0.25) is 0 Å². The molecule has 4 heterocycles. The zero-order valence-electron chi connectivity index (χ0n) is 25.9. The van der Waals surface area contributed by atoms with Gasteiger partial charge in [-0.3, -0.25) is 9.78 Å². The van der Waals surface area contributed by atoms with E-state index in [0.717, 1.165) is 0 Å². The summed E-state index contributed by atoms with van der Waals surface area (Å²) in [4.78, 5) is 44.8. The zero-order chi connectivity index (χ0) is 33.4. The van der Waals surface area contributed by atoms with Gasteiger partial charge in [-0.2, -0.15) is 0 Å². The van der Waals surface area contributed by atoms with Crippen molar-refractivity contribution in [1.82, 2.24) is 19.9 Å². The van der Waals surface area contributed by atoms with Crippen LogP contribution in [-0.4, -0.2) is 68.1 Å². The Hall–Kier alpha value is -6.07. The number of ether oxygens (including phenoxy) is 1. The highest BCUT2D eigenvalue weighted by molar-refractivity contribution is 6.04. The second kappa shape index (κ2) is 14.4. The van der Waals surface area contributed by atoms with Gasteiger partial charge in [0, 0.05) is 29.4 Å². The summed E-state index contributed by atoms with van der Waals surface area (Å²) < 4.78 is 20.8. The van der Waals surface area contributed by atoms with Gasteiger partial charge < -0.3 is 30.0 Å². The molecule has 1 aliphatic heterocycles. The number of aliphatic imine (C=N–C) groups is 1. The molecule has 3 aromatic heterocycles. The van der Waals surface area contributed by atoms with Crippen LogP contribution in [0.3, 0.4) is 0 Å². The number of likely N-dealkylation sites (N-methyl/N-ethyl adjacent to an activating group) is 1. The van der Waals surface area contributed by atoms with Crippen LogP contribution in [0.4, 0.5) is 21.7 Å². The van der Waals surface area contributed by atoms with Crippen molar-refractivity contribution in [3.05, 3.63) is 106 Å². The van der Waals surface area contributed by atoms with E-state index in [1.165, 1.54) is 30.7 Å². The number of aromatic nitrogens is 4. The number of pyridine rings is 2. The first-order valence-electron chi connectivity index (χ1n) is 14.5. The third kappa shape index (κ3) is 8.56. The SMILES string of the molecule is CC#CC1=NC([N+](=O)[O-])=C(C[N+](C)(C)C/C=C/C(=O)Nc2cc3c(Nc4ccc(OCc5ccccn5)c(F)c4)ncnc3cn2)C1. The fourth-order valence-corrected chi connectivity index (χ4v) is 4.83. The first-order valence-corrected chi connectivity index (χ1v) is 14.5. The molecule has 0 radical (unpaired) electrons. The fraction of sp³-hybridized carbons (Fsp3) is 0.212. The van der Waals surface area contributed by atoms with Crippen LogP contribution in [0.1, 0.15) is 19.0 Å². The lowest BCUT2D eigenvalue weighted by Gasteiger charge is -2.28. The van der Waals surface area contributed by atoms with Gasteiger partial charge in [-0.15, -0.1) is 0 Å². The summed E-state index contributed by atoms with van der Waals surface area (Å²) in [6.07, 6.45) is 7.90. The third-order valence-corrected chi connectivity index (χ3v) is 6.94. The summed E-state index contributed by atoms with van der Waals surface area (Å²) in [7, 11) is 3.81. The average molecular weight is 637 g/mol. The Morgan fingerprint density at radius 3 is 2.77 bits per heavy atom. The van der Waals surface area contributed by atoms with E-state index in [1.807, 2.05) is 20.2 Å². The van der Waals surface area contributed by atoms with Gasteiger partial charge in [0.25, 0.3) is 0 Å². The lowest BCUT2D eigenvalue weighted by molar-refractivity contribution is -0.880. The quantitative estimate of drug-likeness (QED) is 0.0732. The molecule has 0 aliphatic carbocycles. The van der Waals surface area contributed by atoms with Crippen LogP contribution < -0.4 is 15.4 Å². The van der Waals surface area contributed by atoms with E-state index in [1.54, 1.807) is 43.5 Å². The Kier molecular flexibility index (Phi) is 9.87. The number of hydrogen-bond acceptors (Lipinski definition) is 10. The van der Waals surface area contributed by atoms with Crippen LogP contribution in [0.5, 0.6) is 5.75 Å². The predicted octanol–water partition coefficient (Wildman–Crippen LogP) is 4.81. The normalized spacial score (nSPS) is 12.9. The molecule has 2 N–H and O–H groups in total. The Labute approximate surface area is 269 Å². The number of benzene rings is 1. The summed E-state index contributed by atoms with van der Waals surface area (Å²) in [5.74, 6) is 5.13. The van der Waals surface area contributed by atoms with Gasteiger partial charge in [0.05, 0.1) is 50.0 Å². The average Bonchev–Trinajstić information content (AvgIpc) is 3.43. The standard InChI is InChI=1S/C33H30FN9O4/c1-4-8-23-15-22(33(40-23)42(45)46)19-43(2,3)14-7-10-31(44)41-30-17-26-28(18-36-30)37-21-38-32(26)39-24-11-12-29(27(34)16-24)47-20-25-9-5-6-13-35-25/h5-7,9-13,16-18,21H,14-15,19-20H2,1-3H3,(H-,36,37,38,39,41,44)/p+1/b10-7+. The van der Waals surface area contributed by atoms with Crippen molar-refractivity contribution in [3.63, 3.8) is 0 Å². The number of nitrogens with zero attached hydrogens (tertiary/aromatic N) is 7. The number of anilines is 3. The van der Waals surface area contributed by atoms with Crippen LogP contribution >= 0.6 is 0 Å². The van der Waals surface area contributed by atoms with Crippen molar-refractivity contribution < 1.29 is 23.3 Å². The maximum atomic E-state index is 14.8. The van der Waals surface area contributed by atoms with Crippen LogP contribution in [0.15, 0.2) is 89.7 Å². The van der Waals surface area contributed by atoms with Crippen LogP contribution in [-0.2, 0) is 11.4 Å². The number of rotatable bonds is 12. The predicted molar refractivity (Wildman–Crippen MR) is 175 cm³/mol. The smallest absolute Gasteiger partial charge is 0.369 e. The maximum absolute atomic E-state index is 14.8. The van der Waals surface area contributed by atoms with Crippen molar-refractivity contribution >= 4 is 39.8 Å². The lowest BCUT2D eigenvalue weighted by Crippen LogP contribution is -2.41. The second-order valence-corrected chi connectivity index (χ2v) is 11.2. The summed E-state index contributed by atoms with van der Waals surface area (Å²) in [5, 5.41) is 17.9. The topological polar surface area (TPSA) is 157 Å². The number of hydrogen-bond donors (Lipinski definition) is 2. The van der Waals surface area contributed by atoms with Gasteiger partial charge in [-0.25, -0.2) is 19.3 Å². The second-order valence-electron chi connectivity index (χ2n) is 11.2. The molecule has 14 heteroatoms. The molecule has 0 fully saturated rings. The minimum absolute atomic E-state index is 0.0834. The molecule has 1 aliphatic rings. The molecule has 47 heavy (non-hydrogen) atoms. The minimum atomic E-state index is -0.561. The molecule has 0 saturated heterocycles. The summed E-state index contributed by atoms with van der Waals surface area (Å²) in [6.45, 7) is 2.58. The molecule has 13 nitrogen and oxygen atoms in total. The molecule has 0 spiro atoms. The fourth-order valence-electron chi connectivity index (χ4n) is 4.83. The number of halogens is 1. The number of fused-ring (bicyclic) bond motifs is 1. The Morgan fingerprint density at radius 1 is 1.17 bits per heavy atom. The molecule has 238 valence electrons. The van der Waals surface area contributed by atoms with E-state index >= 15 is 0 Å². The van der Waals surface area contributed by atoms with Crippen molar-refractivity contribution in [2.24, 2.45) is 4.99 Å². The van der Waals surface area contributed by atoms with Crippen molar-refractivity contribution in [2.45, 2.75) is 20.0 Å². The minimum Gasteiger partial charge on any atom is -0.484 e. The molecule has 0 atom stereocenters. The molecular weight excluding hydrogens is 605 g/mol. The summed E-state index contributed by atoms with van der Waals surface area (Å²) >= 11 is 0. The van der Waals surface area contributed by atoms with Crippen molar-refractivity contribution in [3.8, 4) is 17.6 Å². The van der Waals surface area contributed by atoms with Gasteiger partial charge >= 0.3 is 5.82 Å². The number of nitro groups is 1. The number of quaternary nitrogens is 1. The van der Waals surface area contributed by atoms with Crippen LogP contribution in [0, 0.1) is 27.8 Å². The summed E-state index contributed by atoms with van der Waals surface area (Å²) in [5.41, 5.74) is 2.68. The first kappa shape index (κ1) is 32.3. The Morgan fingerprint density at radius 2 is 2.02 bits per heavy atom.